The van der Waals surface area contributed by atoms with Gasteiger partial charge in [0.2, 0.25) is 5.91 Å². The molecule has 0 spiro atoms. The lowest BCUT2D eigenvalue weighted by Gasteiger charge is -2.29. The van der Waals surface area contributed by atoms with Gasteiger partial charge < -0.3 is 10.2 Å². The van der Waals surface area contributed by atoms with Gasteiger partial charge in [-0.1, -0.05) is 6.92 Å². The van der Waals surface area contributed by atoms with Crippen molar-refractivity contribution in [2.75, 3.05) is 26.2 Å². The zero-order chi connectivity index (χ0) is 12.0. The van der Waals surface area contributed by atoms with Gasteiger partial charge in [-0.3, -0.25) is 4.79 Å². The number of rotatable bonds is 5. The number of carbonyl (C=O) groups excluding carboxylic acids is 1. The number of amides is 1. The second kappa shape index (κ2) is 8.76. The molecule has 0 radical (unpaired) electrons. The predicted octanol–water partition coefficient (Wildman–Crippen LogP) is 2.30. The third kappa shape index (κ3) is 5.26. The number of halogens is 1. The molecule has 0 aliphatic carbocycles. The summed E-state index contributed by atoms with van der Waals surface area (Å²) in [5, 5.41) is 3.42. The Morgan fingerprint density at radius 1 is 1.41 bits per heavy atom. The summed E-state index contributed by atoms with van der Waals surface area (Å²) in [4.78, 5) is 13.9. The van der Waals surface area contributed by atoms with Crippen molar-refractivity contribution >= 4 is 18.3 Å². The number of nitrogens with zero attached hydrogens (tertiary/aromatic N) is 1. The van der Waals surface area contributed by atoms with E-state index in [1.165, 1.54) is 12.8 Å². The number of hydrogen-bond donors (Lipinski definition) is 1. The highest BCUT2D eigenvalue weighted by molar-refractivity contribution is 5.85. The van der Waals surface area contributed by atoms with Crippen LogP contribution < -0.4 is 5.32 Å². The van der Waals surface area contributed by atoms with Gasteiger partial charge in [-0.15, -0.1) is 12.4 Å². The van der Waals surface area contributed by atoms with E-state index in [1.54, 1.807) is 0 Å². The zero-order valence-electron chi connectivity index (χ0n) is 11.4. The second-order valence-electron chi connectivity index (χ2n) is 4.85. The monoisotopic (exact) mass is 262 g/mol. The molecule has 0 saturated carbocycles. The Bertz CT molecular complexity index is 213. The van der Waals surface area contributed by atoms with Crippen LogP contribution in [0.3, 0.4) is 0 Å². The van der Waals surface area contributed by atoms with Gasteiger partial charge in [-0.05, 0) is 51.6 Å². The Balaban J connectivity index is 0.00000256. The van der Waals surface area contributed by atoms with Crippen LogP contribution in [0.5, 0.6) is 0 Å². The molecule has 2 unspecified atom stereocenters. The predicted molar refractivity (Wildman–Crippen MR) is 74.6 cm³/mol. The van der Waals surface area contributed by atoms with E-state index in [2.05, 4.69) is 12.2 Å². The SMILES string of the molecule is CCN(CC)C(=O)CC(C)C1CCCNC1.Cl. The minimum atomic E-state index is 0. The molecule has 1 saturated heterocycles. The van der Waals surface area contributed by atoms with Crippen LogP contribution in [-0.2, 0) is 4.79 Å². The van der Waals surface area contributed by atoms with Gasteiger partial charge >= 0.3 is 0 Å². The summed E-state index contributed by atoms with van der Waals surface area (Å²) >= 11 is 0. The normalized spacial score (nSPS) is 21.5. The van der Waals surface area contributed by atoms with E-state index in [-0.39, 0.29) is 12.4 Å². The van der Waals surface area contributed by atoms with Crippen molar-refractivity contribution in [2.24, 2.45) is 11.8 Å². The zero-order valence-corrected chi connectivity index (χ0v) is 12.2. The minimum Gasteiger partial charge on any atom is -0.343 e. The first-order valence-electron chi connectivity index (χ1n) is 6.67. The number of piperidine rings is 1. The Labute approximate surface area is 112 Å². The highest BCUT2D eigenvalue weighted by Crippen LogP contribution is 2.23. The number of carbonyl (C=O) groups is 1. The molecular weight excluding hydrogens is 236 g/mol. The van der Waals surface area contributed by atoms with Crippen LogP contribution in [0.25, 0.3) is 0 Å². The van der Waals surface area contributed by atoms with Crippen LogP contribution in [0, 0.1) is 11.8 Å². The molecule has 2 atom stereocenters. The van der Waals surface area contributed by atoms with Gasteiger partial charge in [0, 0.05) is 19.5 Å². The largest absolute Gasteiger partial charge is 0.343 e. The summed E-state index contributed by atoms with van der Waals surface area (Å²) in [7, 11) is 0. The Kier molecular flexibility index (Phi) is 8.61. The first-order chi connectivity index (χ1) is 7.69. The second-order valence-corrected chi connectivity index (χ2v) is 4.85. The van der Waals surface area contributed by atoms with Crippen LogP contribution >= 0.6 is 12.4 Å². The highest BCUT2D eigenvalue weighted by atomic mass is 35.5. The quantitative estimate of drug-likeness (QED) is 0.825. The van der Waals surface area contributed by atoms with Gasteiger partial charge in [0.25, 0.3) is 0 Å². The van der Waals surface area contributed by atoms with Crippen LogP contribution in [0.15, 0.2) is 0 Å². The van der Waals surface area contributed by atoms with Crippen LogP contribution in [0.4, 0.5) is 0 Å². The fourth-order valence-electron chi connectivity index (χ4n) is 2.51. The smallest absolute Gasteiger partial charge is 0.222 e. The molecule has 1 amide bonds. The summed E-state index contributed by atoms with van der Waals surface area (Å²) in [6, 6.07) is 0. The summed E-state index contributed by atoms with van der Waals surface area (Å²) in [6.07, 6.45) is 3.25. The highest BCUT2D eigenvalue weighted by Gasteiger charge is 2.23. The average molecular weight is 263 g/mol. The standard InChI is InChI=1S/C13H26N2O.ClH/c1-4-15(5-2)13(16)9-11(3)12-7-6-8-14-10-12;/h11-12,14H,4-10H2,1-3H3;1H. The maximum absolute atomic E-state index is 12.0. The van der Waals surface area contributed by atoms with Gasteiger partial charge in [-0.2, -0.15) is 0 Å². The van der Waals surface area contributed by atoms with Gasteiger partial charge in [0.1, 0.15) is 0 Å². The molecule has 0 aromatic heterocycles. The molecule has 0 bridgehead atoms. The van der Waals surface area contributed by atoms with E-state index in [1.807, 2.05) is 18.7 Å². The van der Waals surface area contributed by atoms with Gasteiger partial charge in [0.05, 0.1) is 0 Å². The minimum absolute atomic E-state index is 0. The summed E-state index contributed by atoms with van der Waals surface area (Å²) in [5.41, 5.74) is 0. The molecule has 1 aliphatic heterocycles. The fourth-order valence-corrected chi connectivity index (χ4v) is 2.51. The maximum Gasteiger partial charge on any atom is 0.222 e. The van der Waals surface area contributed by atoms with Crippen molar-refractivity contribution in [3.05, 3.63) is 0 Å². The summed E-state index contributed by atoms with van der Waals surface area (Å²) < 4.78 is 0. The lowest BCUT2D eigenvalue weighted by Crippen LogP contribution is -2.37. The first kappa shape index (κ1) is 16.7. The maximum atomic E-state index is 12.0. The van der Waals surface area contributed by atoms with E-state index < -0.39 is 0 Å². The lowest BCUT2D eigenvalue weighted by atomic mass is 9.85. The topological polar surface area (TPSA) is 32.3 Å². The van der Waals surface area contributed by atoms with Crippen molar-refractivity contribution in [3.8, 4) is 0 Å². The van der Waals surface area contributed by atoms with E-state index in [9.17, 15) is 4.79 Å². The molecule has 4 heteroatoms. The number of nitrogens with one attached hydrogen (secondary N) is 1. The van der Waals surface area contributed by atoms with Gasteiger partial charge in [0.15, 0.2) is 0 Å². The number of hydrogen-bond acceptors (Lipinski definition) is 2. The molecule has 1 rings (SSSR count). The molecule has 1 fully saturated rings. The molecule has 0 aromatic rings. The van der Waals surface area contributed by atoms with E-state index in [0.717, 1.165) is 26.2 Å². The molecule has 17 heavy (non-hydrogen) atoms. The molecular formula is C13H27ClN2O. The van der Waals surface area contributed by atoms with E-state index in [4.69, 9.17) is 0 Å². The molecule has 102 valence electrons. The Hall–Kier alpha value is -0.280. The van der Waals surface area contributed by atoms with Crippen molar-refractivity contribution in [1.29, 1.82) is 0 Å². The first-order valence-corrected chi connectivity index (χ1v) is 6.67. The van der Waals surface area contributed by atoms with Crippen molar-refractivity contribution in [2.45, 2.75) is 40.0 Å². The molecule has 1 heterocycles. The van der Waals surface area contributed by atoms with Crippen LogP contribution in [0.1, 0.15) is 40.0 Å². The van der Waals surface area contributed by atoms with Gasteiger partial charge in [-0.25, -0.2) is 0 Å². The molecule has 1 aliphatic rings. The van der Waals surface area contributed by atoms with Crippen LogP contribution in [0.2, 0.25) is 0 Å². The third-order valence-electron chi connectivity index (χ3n) is 3.75. The third-order valence-corrected chi connectivity index (χ3v) is 3.75. The Morgan fingerprint density at radius 2 is 2.06 bits per heavy atom. The molecule has 1 N–H and O–H groups in total. The lowest BCUT2D eigenvalue weighted by molar-refractivity contribution is -0.132. The van der Waals surface area contributed by atoms with E-state index in [0.29, 0.717) is 24.2 Å². The van der Waals surface area contributed by atoms with Crippen molar-refractivity contribution < 1.29 is 4.79 Å². The fraction of sp³-hybridized carbons (Fsp3) is 0.923. The van der Waals surface area contributed by atoms with Crippen molar-refractivity contribution in [3.63, 3.8) is 0 Å². The summed E-state index contributed by atoms with van der Waals surface area (Å²) in [5.74, 6) is 1.53. The average Bonchev–Trinajstić information content (AvgIpc) is 2.31. The Morgan fingerprint density at radius 3 is 2.53 bits per heavy atom. The molecule has 0 aromatic carbocycles. The van der Waals surface area contributed by atoms with E-state index >= 15 is 0 Å². The summed E-state index contributed by atoms with van der Waals surface area (Å²) in [6.45, 7) is 10.2. The van der Waals surface area contributed by atoms with Crippen molar-refractivity contribution in [1.82, 2.24) is 10.2 Å². The van der Waals surface area contributed by atoms with Crippen LogP contribution in [-0.4, -0.2) is 37.0 Å². The molecule has 3 nitrogen and oxygen atoms in total.